The average Bonchev–Trinajstić information content (AvgIpc) is 2.81. The molecule has 0 spiro atoms. The topological polar surface area (TPSA) is 89.0 Å². The molecule has 7 nitrogen and oxygen atoms in total. The maximum absolute atomic E-state index is 12.5. The minimum absolute atomic E-state index is 0.0983. The third-order valence-corrected chi connectivity index (χ3v) is 5.07. The molecule has 0 aliphatic carbocycles. The van der Waals surface area contributed by atoms with E-state index in [1.807, 2.05) is 58.0 Å². The second kappa shape index (κ2) is 11.7. The molecule has 2 N–H and O–H groups in total. The highest BCUT2D eigenvalue weighted by Crippen LogP contribution is 2.29. The van der Waals surface area contributed by atoms with Crippen molar-refractivity contribution in [1.29, 1.82) is 0 Å². The number of aryl methyl sites for hydroxylation is 3. The molecule has 0 fully saturated rings. The standard InChI is InChI=1S/C27H29N3O4/c1-5-33-24-15-21(11-14-23(24)34-27(32)22-12-9-18(2)10-13-22)16-29-30-25(31)17-28-26-19(3)7-6-8-20(26)4/h6-16,28H,5,17H2,1-4H3,(H,30,31)/b29-16+. The Morgan fingerprint density at radius 1 is 0.941 bits per heavy atom. The Morgan fingerprint density at radius 3 is 2.32 bits per heavy atom. The van der Waals surface area contributed by atoms with E-state index >= 15 is 0 Å². The summed E-state index contributed by atoms with van der Waals surface area (Å²) in [5.74, 6) is -0.0139. The van der Waals surface area contributed by atoms with Gasteiger partial charge in [-0.05, 0) is 74.7 Å². The van der Waals surface area contributed by atoms with Gasteiger partial charge in [0.2, 0.25) is 0 Å². The number of anilines is 1. The first-order valence-corrected chi connectivity index (χ1v) is 11.0. The number of hydrazone groups is 1. The fourth-order valence-corrected chi connectivity index (χ4v) is 3.29. The SMILES string of the molecule is CCOc1cc(/C=N/NC(=O)CNc2c(C)cccc2C)ccc1OC(=O)c1ccc(C)cc1. The molecule has 0 aromatic heterocycles. The number of para-hydroxylation sites is 1. The van der Waals surface area contributed by atoms with Gasteiger partial charge in [-0.15, -0.1) is 0 Å². The van der Waals surface area contributed by atoms with Gasteiger partial charge in [0.05, 0.1) is 24.9 Å². The van der Waals surface area contributed by atoms with Crippen LogP contribution in [0.2, 0.25) is 0 Å². The fraction of sp³-hybridized carbons (Fsp3) is 0.222. The Morgan fingerprint density at radius 2 is 1.65 bits per heavy atom. The van der Waals surface area contributed by atoms with Crippen LogP contribution in [-0.2, 0) is 4.79 Å². The summed E-state index contributed by atoms with van der Waals surface area (Å²) in [6.07, 6.45) is 1.50. The molecular weight excluding hydrogens is 430 g/mol. The van der Waals surface area contributed by atoms with Gasteiger partial charge in [0.25, 0.3) is 5.91 Å². The summed E-state index contributed by atoms with van der Waals surface area (Å²) in [4.78, 5) is 24.6. The van der Waals surface area contributed by atoms with Crippen LogP contribution in [-0.4, -0.2) is 31.2 Å². The van der Waals surface area contributed by atoms with Crippen molar-refractivity contribution in [3.63, 3.8) is 0 Å². The summed E-state index contributed by atoms with van der Waals surface area (Å²) >= 11 is 0. The van der Waals surface area contributed by atoms with Crippen LogP contribution in [0.3, 0.4) is 0 Å². The van der Waals surface area contributed by atoms with E-state index in [0.717, 1.165) is 22.4 Å². The highest BCUT2D eigenvalue weighted by molar-refractivity contribution is 5.91. The summed E-state index contributed by atoms with van der Waals surface area (Å²) in [6.45, 7) is 8.27. The number of nitrogens with one attached hydrogen (secondary N) is 2. The van der Waals surface area contributed by atoms with Crippen molar-refractivity contribution >= 4 is 23.8 Å². The highest BCUT2D eigenvalue weighted by Gasteiger charge is 2.13. The van der Waals surface area contributed by atoms with Crippen molar-refractivity contribution in [2.75, 3.05) is 18.5 Å². The summed E-state index contributed by atoms with van der Waals surface area (Å²) in [5.41, 5.74) is 7.79. The smallest absolute Gasteiger partial charge is 0.343 e. The van der Waals surface area contributed by atoms with E-state index in [1.54, 1.807) is 30.3 Å². The lowest BCUT2D eigenvalue weighted by Gasteiger charge is -2.12. The number of carbonyl (C=O) groups excluding carboxylic acids is 2. The van der Waals surface area contributed by atoms with Crippen LogP contribution in [0.5, 0.6) is 11.5 Å². The Kier molecular flexibility index (Phi) is 8.40. The number of nitrogens with zero attached hydrogens (tertiary/aromatic N) is 1. The minimum Gasteiger partial charge on any atom is -0.490 e. The molecule has 0 bridgehead atoms. The summed E-state index contributed by atoms with van der Waals surface area (Å²) < 4.78 is 11.2. The largest absolute Gasteiger partial charge is 0.490 e. The average molecular weight is 460 g/mol. The maximum atomic E-state index is 12.5. The van der Waals surface area contributed by atoms with Gasteiger partial charge in [-0.25, -0.2) is 10.2 Å². The first kappa shape index (κ1) is 24.5. The van der Waals surface area contributed by atoms with E-state index in [4.69, 9.17) is 9.47 Å². The molecule has 0 aliphatic rings. The number of rotatable bonds is 9. The molecule has 3 rings (SSSR count). The zero-order valence-corrected chi connectivity index (χ0v) is 19.8. The van der Waals surface area contributed by atoms with Crippen molar-refractivity contribution < 1.29 is 19.1 Å². The van der Waals surface area contributed by atoms with E-state index in [-0.39, 0.29) is 12.5 Å². The molecule has 0 heterocycles. The predicted octanol–water partition coefficient (Wildman–Crippen LogP) is 4.79. The van der Waals surface area contributed by atoms with E-state index in [2.05, 4.69) is 15.8 Å². The van der Waals surface area contributed by atoms with Gasteiger partial charge in [-0.1, -0.05) is 35.9 Å². The Balaban J connectivity index is 1.61. The van der Waals surface area contributed by atoms with Crippen LogP contribution in [0.25, 0.3) is 0 Å². The van der Waals surface area contributed by atoms with Gasteiger partial charge in [-0.2, -0.15) is 5.10 Å². The molecule has 0 radical (unpaired) electrons. The fourth-order valence-electron chi connectivity index (χ4n) is 3.29. The van der Waals surface area contributed by atoms with E-state index in [1.165, 1.54) is 6.21 Å². The first-order valence-electron chi connectivity index (χ1n) is 11.0. The molecule has 34 heavy (non-hydrogen) atoms. The zero-order chi connectivity index (χ0) is 24.5. The second-order valence-corrected chi connectivity index (χ2v) is 7.81. The van der Waals surface area contributed by atoms with Gasteiger partial charge >= 0.3 is 5.97 Å². The third kappa shape index (κ3) is 6.68. The molecule has 176 valence electrons. The maximum Gasteiger partial charge on any atom is 0.343 e. The summed E-state index contributed by atoms with van der Waals surface area (Å²) in [7, 11) is 0. The molecule has 3 aromatic rings. The molecule has 0 saturated carbocycles. The van der Waals surface area contributed by atoms with E-state index in [9.17, 15) is 9.59 Å². The molecule has 0 saturated heterocycles. The lowest BCUT2D eigenvalue weighted by atomic mass is 10.1. The predicted molar refractivity (Wildman–Crippen MR) is 134 cm³/mol. The van der Waals surface area contributed by atoms with Crippen LogP contribution >= 0.6 is 0 Å². The van der Waals surface area contributed by atoms with Gasteiger partial charge in [0, 0.05) is 5.69 Å². The Hall–Kier alpha value is -4.13. The van der Waals surface area contributed by atoms with Crippen LogP contribution < -0.4 is 20.2 Å². The zero-order valence-electron chi connectivity index (χ0n) is 19.8. The van der Waals surface area contributed by atoms with Gasteiger partial charge in [0.15, 0.2) is 11.5 Å². The number of benzene rings is 3. The van der Waals surface area contributed by atoms with Crippen LogP contribution in [0, 0.1) is 20.8 Å². The lowest BCUT2D eigenvalue weighted by molar-refractivity contribution is -0.119. The molecule has 0 unspecified atom stereocenters. The normalized spacial score (nSPS) is 10.7. The molecule has 0 atom stereocenters. The third-order valence-electron chi connectivity index (χ3n) is 5.07. The number of carbonyl (C=O) groups is 2. The van der Waals surface area contributed by atoms with Crippen LogP contribution in [0.15, 0.2) is 65.8 Å². The van der Waals surface area contributed by atoms with Crippen molar-refractivity contribution in [1.82, 2.24) is 5.43 Å². The highest BCUT2D eigenvalue weighted by atomic mass is 16.6. The van der Waals surface area contributed by atoms with Crippen molar-refractivity contribution in [2.24, 2.45) is 5.10 Å². The lowest BCUT2D eigenvalue weighted by Crippen LogP contribution is -2.26. The molecule has 3 aromatic carbocycles. The van der Waals surface area contributed by atoms with E-state index in [0.29, 0.717) is 29.2 Å². The Labute approximate surface area is 199 Å². The molecular formula is C27H29N3O4. The van der Waals surface area contributed by atoms with Crippen LogP contribution in [0.4, 0.5) is 5.69 Å². The quantitative estimate of drug-likeness (QED) is 0.208. The summed E-state index contributed by atoms with van der Waals surface area (Å²) in [6, 6.07) is 18.2. The van der Waals surface area contributed by atoms with Crippen molar-refractivity contribution in [3.8, 4) is 11.5 Å². The van der Waals surface area contributed by atoms with Gasteiger partial charge in [0.1, 0.15) is 0 Å². The minimum atomic E-state index is -0.467. The number of ether oxygens (including phenoxy) is 2. The number of esters is 1. The molecule has 1 amide bonds. The number of amides is 1. The number of hydrogen-bond donors (Lipinski definition) is 2. The van der Waals surface area contributed by atoms with Crippen molar-refractivity contribution in [3.05, 3.63) is 88.5 Å². The first-order chi connectivity index (χ1) is 16.4. The molecule has 7 heteroatoms. The number of hydrogen-bond acceptors (Lipinski definition) is 6. The monoisotopic (exact) mass is 459 g/mol. The van der Waals surface area contributed by atoms with E-state index < -0.39 is 5.97 Å². The van der Waals surface area contributed by atoms with Crippen LogP contribution in [0.1, 0.15) is 39.5 Å². The Bertz CT molecular complexity index is 1170. The molecule has 0 aliphatic heterocycles. The summed E-state index contributed by atoms with van der Waals surface area (Å²) in [5, 5.41) is 7.16. The van der Waals surface area contributed by atoms with Gasteiger partial charge < -0.3 is 14.8 Å². The van der Waals surface area contributed by atoms with Gasteiger partial charge in [-0.3, -0.25) is 4.79 Å². The second-order valence-electron chi connectivity index (χ2n) is 7.81. The van der Waals surface area contributed by atoms with Crippen molar-refractivity contribution in [2.45, 2.75) is 27.7 Å².